The van der Waals surface area contributed by atoms with E-state index in [2.05, 4.69) is 4.72 Å². The highest BCUT2D eigenvalue weighted by Crippen LogP contribution is 2.11. The van der Waals surface area contributed by atoms with Gasteiger partial charge in [-0.2, -0.15) is 17.4 Å². The molecule has 0 saturated carbocycles. The number of nitrogens with one attached hydrogen (secondary N) is 1. The SMILES string of the molecule is COC(CNS(=O)(=O)N1CCCCC1)OC. The molecule has 0 unspecified atom stereocenters. The molecule has 6 nitrogen and oxygen atoms in total. The summed E-state index contributed by atoms with van der Waals surface area (Å²) in [6, 6.07) is 0. The van der Waals surface area contributed by atoms with E-state index in [-0.39, 0.29) is 6.54 Å². The van der Waals surface area contributed by atoms with E-state index in [0.29, 0.717) is 13.1 Å². The lowest BCUT2D eigenvalue weighted by atomic mass is 10.2. The molecule has 0 aromatic rings. The molecule has 1 aliphatic heterocycles. The second kappa shape index (κ2) is 6.51. The summed E-state index contributed by atoms with van der Waals surface area (Å²) >= 11 is 0. The van der Waals surface area contributed by atoms with E-state index in [4.69, 9.17) is 9.47 Å². The van der Waals surface area contributed by atoms with Gasteiger partial charge in [-0.3, -0.25) is 0 Å². The number of piperidine rings is 1. The molecule has 1 N–H and O–H groups in total. The smallest absolute Gasteiger partial charge is 0.279 e. The predicted molar refractivity (Wildman–Crippen MR) is 60.2 cm³/mol. The van der Waals surface area contributed by atoms with Crippen molar-refractivity contribution in [3.63, 3.8) is 0 Å². The van der Waals surface area contributed by atoms with Crippen molar-refractivity contribution in [1.29, 1.82) is 0 Å². The van der Waals surface area contributed by atoms with Crippen LogP contribution in [0.2, 0.25) is 0 Å². The van der Waals surface area contributed by atoms with Crippen LogP contribution in [0, 0.1) is 0 Å². The number of nitrogens with zero attached hydrogens (tertiary/aromatic N) is 1. The summed E-state index contributed by atoms with van der Waals surface area (Å²) in [6.45, 7) is 1.33. The summed E-state index contributed by atoms with van der Waals surface area (Å²) in [5.74, 6) is 0. The van der Waals surface area contributed by atoms with Gasteiger partial charge in [-0.05, 0) is 12.8 Å². The molecule has 0 aromatic carbocycles. The molecule has 0 amide bonds. The molecule has 1 rings (SSSR count). The summed E-state index contributed by atoms with van der Waals surface area (Å²) in [5, 5.41) is 0. The highest BCUT2D eigenvalue weighted by molar-refractivity contribution is 7.87. The molecule has 16 heavy (non-hydrogen) atoms. The van der Waals surface area contributed by atoms with E-state index in [0.717, 1.165) is 19.3 Å². The fourth-order valence-corrected chi connectivity index (χ4v) is 2.90. The Bertz CT molecular complexity index is 284. The Labute approximate surface area is 97.1 Å². The van der Waals surface area contributed by atoms with Crippen LogP contribution in [0.25, 0.3) is 0 Å². The minimum Gasteiger partial charge on any atom is -0.355 e. The van der Waals surface area contributed by atoms with E-state index < -0.39 is 16.5 Å². The van der Waals surface area contributed by atoms with Gasteiger partial charge in [0, 0.05) is 27.3 Å². The first-order chi connectivity index (χ1) is 7.60. The topological polar surface area (TPSA) is 67.9 Å². The Balaban J connectivity index is 2.44. The first kappa shape index (κ1) is 13.9. The van der Waals surface area contributed by atoms with Crippen LogP contribution in [0.5, 0.6) is 0 Å². The van der Waals surface area contributed by atoms with Gasteiger partial charge >= 0.3 is 0 Å². The van der Waals surface area contributed by atoms with Crippen molar-refractivity contribution in [2.45, 2.75) is 25.6 Å². The van der Waals surface area contributed by atoms with E-state index in [1.807, 2.05) is 0 Å². The van der Waals surface area contributed by atoms with Crippen molar-refractivity contribution < 1.29 is 17.9 Å². The molecule has 1 saturated heterocycles. The molecule has 0 atom stereocenters. The maximum Gasteiger partial charge on any atom is 0.279 e. The zero-order valence-electron chi connectivity index (χ0n) is 9.81. The van der Waals surface area contributed by atoms with Gasteiger partial charge in [-0.1, -0.05) is 6.42 Å². The molecular formula is C9H20N2O4S. The number of ether oxygens (including phenoxy) is 2. The lowest BCUT2D eigenvalue weighted by Gasteiger charge is -2.26. The largest absolute Gasteiger partial charge is 0.355 e. The Morgan fingerprint density at radius 2 is 1.75 bits per heavy atom. The zero-order chi connectivity index (χ0) is 12.0. The Kier molecular flexibility index (Phi) is 5.63. The van der Waals surface area contributed by atoms with Crippen LogP contribution < -0.4 is 4.72 Å². The van der Waals surface area contributed by atoms with Crippen LogP contribution in [-0.4, -0.2) is 52.9 Å². The molecule has 0 bridgehead atoms. The van der Waals surface area contributed by atoms with Gasteiger partial charge in [0.25, 0.3) is 10.2 Å². The lowest BCUT2D eigenvalue weighted by molar-refractivity contribution is -0.0962. The Morgan fingerprint density at radius 1 is 1.19 bits per heavy atom. The highest BCUT2D eigenvalue weighted by Gasteiger charge is 2.24. The standard InChI is InChI=1S/C9H20N2O4S/c1-14-9(15-2)8-10-16(12,13)11-6-4-3-5-7-11/h9-10H,3-8H2,1-2H3. The van der Waals surface area contributed by atoms with Crippen LogP contribution in [0.1, 0.15) is 19.3 Å². The van der Waals surface area contributed by atoms with Crippen molar-refractivity contribution in [3.8, 4) is 0 Å². The first-order valence-corrected chi connectivity index (χ1v) is 6.84. The maximum atomic E-state index is 11.8. The lowest BCUT2D eigenvalue weighted by Crippen LogP contribution is -2.46. The van der Waals surface area contributed by atoms with Gasteiger partial charge in [0.1, 0.15) is 0 Å². The zero-order valence-corrected chi connectivity index (χ0v) is 10.6. The van der Waals surface area contributed by atoms with Crippen LogP contribution in [0.3, 0.4) is 0 Å². The van der Waals surface area contributed by atoms with Gasteiger partial charge in [-0.15, -0.1) is 0 Å². The van der Waals surface area contributed by atoms with Crippen LogP contribution in [0.15, 0.2) is 0 Å². The summed E-state index contributed by atoms with van der Waals surface area (Å²) < 4.78 is 37.4. The van der Waals surface area contributed by atoms with Crippen molar-refractivity contribution in [3.05, 3.63) is 0 Å². The van der Waals surface area contributed by atoms with Gasteiger partial charge < -0.3 is 9.47 Å². The van der Waals surface area contributed by atoms with Crippen molar-refractivity contribution in [2.75, 3.05) is 33.9 Å². The van der Waals surface area contributed by atoms with Gasteiger partial charge in [0.05, 0.1) is 6.54 Å². The van der Waals surface area contributed by atoms with Crippen molar-refractivity contribution in [1.82, 2.24) is 9.03 Å². The van der Waals surface area contributed by atoms with Crippen molar-refractivity contribution >= 4 is 10.2 Å². The van der Waals surface area contributed by atoms with E-state index in [9.17, 15) is 8.42 Å². The Hall–Kier alpha value is -0.210. The van der Waals surface area contributed by atoms with Gasteiger partial charge in [0.15, 0.2) is 6.29 Å². The quantitative estimate of drug-likeness (QED) is 0.672. The minimum absolute atomic E-state index is 0.131. The first-order valence-electron chi connectivity index (χ1n) is 5.40. The summed E-state index contributed by atoms with van der Waals surface area (Å²) in [7, 11) is -0.424. The third kappa shape index (κ3) is 3.99. The molecule has 0 spiro atoms. The van der Waals surface area contributed by atoms with Crippen molar-refractivity contribution in [2.24, 2.45) is 0 Å². The second-order valence-electron chi connectivity index (χ2n) is 3.71. The summed E-state index contributed by atoms with van der Waals surface area (Å²) in [5.41, 5.74) is 0. The highest BCUT2D eigenvalue weighted by atomic mass is 32.2. The molecule has 1 aliphatic rings. The monoisotopic (exact) mass is 252 g/mol. The second-order valence-corrected chi connectivity index (χ2v) is 5.47. The van der Waals surface area contributed by atoms with Crippen LogP contribution >= 0.6 is 0 Å². The van der Waals surface area contributed by atoms with E-state index in [1.54, 1.807) is 0 Å². The van der Waals surface area contributed by atoms with Crippen LogP contribution in [-0.2, 0) is 19.7 Å². The average Bonchev–Trinajstić information content (AvgIpc) is 2.31. The minimum atomic E-state index is -3.38. The summed E-state index contributed by atoms with van der Waals surface area (Å²) in [4.78, 5) is 0. The molecule has 1 heterocycles. The number of hydrogen-bond donors (Lipinski definition) is 1. The number of methoxy groups -OCH3 is 2. The normalized spacial score (nSPS) is 19.2. The molecule has 1 fully saturated rings. The molecule has 0 aliphatic carbocycles. The average molecular weight is 252 g/mol. The van der Waals surface area contributed by atoms with Gasteiger partial charge in [0.2, 0.25) is 0 Å². The summed E-state index contributed by atoms with van der Waals surface area (Å²) in [6.07, 6.45) is 2.42. The van der Waals surface area contributed by atoms with Crippen LogP contribution in [0.4, 0.5) is 0 Å². The fraction of sp³-hybridized carbons (Fsp3) is 1.00. The number of hydrogen-bond acceptors (Lipinski definition) is 4. The third-order valence-electron chi connectivity index (χ3n) is 2.61. The molecule has 0 aromatic heterocycles. The Morgan fingerprint density at radius 3 is 2.25 bits per heavy atom. The maximum absolute atomic E-state index is 11.8. The molecule has 96 valence electrons. The molecule has 7 heteroatoms. The molecular weight excluding hydrogens is 232 g/mol. The van der Waals surface area contributed by atoms with E-state index in [1.165, 1.54) is 18.5 Å². The third-order valence-corrected chi connectivity index (χ3v) is 4.19. The van der Waals surface area contributed by atoms with Gasteiger partial charge in [-0.25, -0.2) is 0 Å². The predicted octanol–water partition coefficient (Wildman–Crippen LogP) is -0.0744. The fourth-order valence-electron chi connectivity index (χ4n) is 1.63. The van der Waals surface area contributed by atoms with E-state index >= 15 is 0 Å². The molecule has 0 radical (unpaired) electrons. The number of rotatable bonds is 6.